The lowest BCUT2D eigenvalue weighted by Gasteiger charge is -2.49. The van der Waals surface area contributed by atoms with Gasteiger partial charge in [-0.1, -0.05) is 27.2 Å². The molecule has 108 valence electrons. The van der Waals surface area contributed by atoms with Gasteiger partial charge in [-0.05, 0) is 57.9 Å². The van der Waals surface area contributed by atoms with Crippen molar-refractivity contribution >= 4 is 0 Å². The van der Waals surface area contributed by atoms with Gasteiger partial charge in [0.2, 0.25) is 0 Å². The topological polar surface area (TPSA) is 29.3 Å². The van der Waals surface area contributed by atoms with Gasteiger partial charge in [0.1, 0.15) is 0 Å². The molecule has 0 aromatic heterocycles. The van der Waals surface area contributed by atoms with Crippen molar-refractivity contribution in [2.24, 2.45) is 17.6 Å². The Hall–Kier alpha value is -0.0800. The van der Waals surface area contributed by atoms with E-state index < -0.39 is 0 Å². The molecule has 1 saturated carbocycles. The van der Waals surface area contributed by atoms with Crippen molar-refractivity contribution in [2.75, 3.05) is 13.6 Å². The van der Waals surface area contributed by atoms with Gasteiger partial charge in [0.25, 0.3) is 0 Å². The van der Waals surface area contributed by atoms with Crippen LogP contribution in [0.25, 0.3) is 0 Å². The van der Waals surface area contributed by atoms with Crippen molar-refractivity contribution in [2.45, 2.75) is 77.8 Å². The van der Waals surface area contributed by atoms with E-state index in [2.05, 4.69) is 39.6 Å². The quantitative estimate of drug-likeness (QED) is 0.784. The van der Waals surface area contributed by atoms with E-state index in [-0.39, 0.29) is 5.54 Å². The van der Waals surface area contributed by atoms with Crippen molar-refractivity contribution in [3.8, 4) is 0 Å². The molecule has 0 heterocycles. The highest BCUT2D eigenvalue weighted by Gasteiger charge is 2.39. The third-order valence-electron chi connectivity index (χ3n) is 5.40. The molecule has 1 rings (SSSR count). The molecule has 1 atom stereocenters. The van der Waals surface area contributed by atoms with Crippen molar-refractivity contribution in [1.29, 1.82) is 0 Å². The van der Waals surface area contributed by atoms with Crippen LogP contribution in [0.1, 0.15) is 66.2 Å². The summed E-state index contributed by atoms with van der Waals surface area (Å²) in [5.41, 5.74) is 6.43. The third kappa shape index (κ3) is 3.48. The van der Waals surface area contributed by atoms with Crippen LogP contribution in [0.15, 0.2) is 0 Å². The van der Waals surface area contributed by atoms with E-state index in [4.69, 9.17) is 5.73 Å². The zero-order chi connectivity index (χ0) is 13.8. The van der Waals surface area contributed by atoms with E-state index in [1.165, 1.54) is 38.5 Å². The maximum Gasteiger partial charge on any atom is 0.0331 e. The first-order valence-electron chi connectivity index (χ1n) is 7.90. The van der Waals surface area contributed by atoms with Gasteiger partial charge in [0.05, 0.1) is 0 Å². The Morgan fingerprint density at radius 3 is 2.17 bits per heavy atom. The molecule has 2 N–H and O–H groups in total. The lowest BCUT2D eigenvalue weighted by molar-refractivity contribution is 0.0260. The maximum atomic E-state index is 6.15. The van der Waals surface area contributed by atoms with E-state index in [1.807, 2.05) is 0 Å². The highest BCUT2D eigenvalue weighted by molar-refractivity contribution is 4.96. The number of rotatable bonds is 6. The van der Waals surface area contributed by atoms with Crippen LogP contribution in [0.5, 0.6) is 0 Å². The molecule has 0 aromatic carbocycles. The van der Waals surface area contributed by atoms with Gasteiger partial charge < -0.3 is 5.73 Å². The summed E-state index contributed by atoms with van der Waals surface area (Å²) >= 11 is 0. The predicted molar refractivity (Wildman–Crippen MR) is 80.7 cm³/mol. The molecule has 1 unspecified atom stereocenters. The number of hydrogen-bond donors (Lipinski definition) is 1. The number of nitrogens with zero attached hydrogens (tertiary/aromatic N) is 1. The molecule has 0 saturated heterocycles. The Balaban J connectivity index is 2.65. The SMILES string of the molecule is CCCC(C)N(C)C1(CN)CCC(C(C)C)CC1. The maximum absolute atomic E-state index is 6.15. The summed E-state index contributed by atoms with van der Waals surface area (Å²) in [5.74, 6) is 1.75. The van der Waals surface area contributed by atoms with Crippen LogP contribution in [-0.4, -0.2) is 30.1 Å². The van der Waals surface area contributed by atoms with Crippen molar-refractivity contribution in [3.63, 3.8) is 0 Å². The summed E-state index contributed by atoms with van der Waals surface area (Å²) < 4.78 is 0. The third-order valence-corrected chi connectivity index (χ3v) is 5.40. The summed E-state index contributed by atoms with van der Waals surface area (Å²) in [7, 11) is 2.29. The molecule has 0 bridgehead atoms. The largest absolute Gasteiger partial charge is 0.329 e. The van der Waals surface area contributed by atoms with Gasteiger partial charge in [-0.15, -0.1) is 0 Å². The Labute approximate surface area is 114 Å². The van der Waals surface area contributed by atoms with Crippen LogP contribution in [0.4, 0.5) is 0 Å². The van der Waals surface area contributed by atoms with Crippen LogP contribution in [0.3, 0.4) is 0 Å². The standard InChI is InChI=1S/C16H34N2/c1-6-7-14(4)18(5)16(12-17)10-8-15(9-11-16)13(2)3/h13-15H,6-12,17H2,1-5H3. The molecule has 0 aliphatic heterocycles. The number of likely N-dealkylation sites (N-methyl/N-ethyl adjacent to an activating group) is 1. The van der Waals surface area contributed by atoms with E-state index in [0.717, 1.165) is 18.4 Å². The minimum absolute atomic E-state index is 0.278. The molecular formula is C16H34N2. The van der Waals surface area contributed by atoms with Crippen molar-refractivity contribution in [3.05, 3.63) is 0 Å². The zero-order valence-electron chi connectivity index (χ0n) is 13.2. The van der Waals surface area contributed by atoms with E-state index in [9.17, 15) is 0 Å². The molecule has 2 heteroatoms. The van der Waals surface area contributed by atoms with Crippen molar-refractivity contribution in [1.82, 2.24) is 4.90 Å². The fourth-order valence-corrected chi connectivity index (χ4v) is 3.62. The molecule has 0 radical (unpaired) electrons. The first-order valence-corrected chi connectivity index (χ1v) is 7.90. The van der Waals surface area contributed by atoms with Crippen LogP contribution in [0, 0.1) is 11.8 Å². The Bertz CT molecular complexity index is 229. The summed E-state index contributed by atoms with van der Waals surface area (Å²) in [6, 6.07) is 0.661. The van der Waals surface area contributed by atoms with Gasteiger partial charge in [-0.25, -0.2) is 0 Å². The molecule has 2 nitrogen and oxygen atoms in total. The second-order valence-electron chi connectivity index (χ2n) is 6.76. The van der Waals surface area contributed by atoms with E-state index in [1.54, 1.807) is 0 Å². The zero-order valence-corrected chi connectivity index (χ0v) is 13.2. The molecule has 1 fully saturated rings. The highest BCUT2D eigenvalue weighted by atomic mass is 15.2. The number of hydrogen-bond acceptors (Lipinski definition) is 2. The first-order chi connectivity index (χ1) is 8.46. The Kier molecular flexibility index (Phi) is 6.13. The van der Waals surface area contributed by atoms with Crippen LogP contribution < -0.4 is 5.73 Å². The summed E-state index contributed by atoms with van der Waals surface area (Å²) in [6.45, 7) is 10.2. The van der Waals surface area contributed by atoms with Crippen LogP contribution in [0.2, 0.25) is 0 Å². The molecule has 1 aliphatic rings. The molecule has 0 amide bonds. The van der Waals surface area contributed by atoms with Crippen molar-refractivity contribution < 1.29 is 0 Å². The predicted octanol–water partition coefficient (Wildman–Crippen LogP) is 3.65. The summed E-state index contributed by atoms with van der Waals surface area (Å²) in [5, 5.41) is 0. The fourth-order valence-electron chi connectivity index (χ4n) is 3.62. The average Bonchev–Trinajstić information content (AvgIpc) is 2.38. The lowest BCUT2D eigenvalue weighted by Crippen LogP contribution is -2.57. The van der Waals surface area contributed by atoms with Gasteiger partial charge >= 0.3 is 0 Å². The van der Waals surface area contributed by atoms with Crippen LogP contribution >= 0.6 is 0 Å². The average molecular weight is 254 g/mol. The molecule has 0 spiro atoms. The second kappa shape index (κ2) is 6.91. The van der Waals surface area contributed by atoms with Gasteiger partial charge in [-0.2, -0.15) is 0 Å². The van der Waals surface area contributed by atoms with E-state index in [0.29, 0.717) is 6.04 Å². The minimum Gasteiger partial charge on any atom is -0.329 e. The van der Waals surface area contributed by atoms with Gasteiger partial charge in [0, 0.05) is 18.1 Å². The molecule has 0 aromatic rings. The summed E-state index contributed by atoms with van der Waals surface area (Å²) in [6.07, 6.45) is 7.84. The van der Waals surface area contributed by atoms with Gasteiger partial charge in [0.15, 0.2) is 0 Å². The lowest BCUT2D eigenvalue weighted by atomic mass is 9.71. The van der Waals surface area contributed by atoms with Crippen LogP contribution in [-0.2, 0) is 0 Å². The Morgan fingerprint density at radius 1 is 1.22 bits per heavy atom. The first kappa shape index (κ1) is 16.0. The number of nitrogens with two attached hydrogens (primary N) is 1. The normalized spacial score (nSPS) is 31.0. The second-order valence-corrected chi connectivity index (χ2v) is 6.76. The van der Waals surface area contributed by atoms with Gasteiger partial charge in [-0.3, -0.25) is 4.90 Å². The minimum atomic E-state index is 0.278. The summed E-state index contributed by atoms with van der Waals surface area (Å²) in [4.78, 5) is 2.59. The molecular weight excluding hydrogens is 220 g/mol. The monoisotopic (exact) mass is 254 g/mol. The Morgan fingerprint density at radius 2 is 1.78 bits per heavy atom. The fraction of sp³-hybridized carbons (Fsp3) is 1.00. The smallest absolute Gasteiger partial charge is 0.0331 e. The molecule has 1 aliphatic carbocycles. The molecule has 18 heavy (non-hydrogen) atoms. The van der Waals surface area contributed by atoms with E-state index >= 15 is 0 Å². The highest BCUT2D eigenvalue weighted by Crippen LogP contribution is 2.39.